The van der Waals surface area contributed by atoms with Crippen LogP contribution >= 0.6 is 11.3 Å². The molecule has 17 nitrogen and oxygen atoms in total. The van der Waals surface area contributed by atoms with E-state index in [1.165, 1.54) is 12.1 Å². The van der Waals surface area contributed by atoms with Gasteiger partial charge in [0.05, 0.1) is 12.1 Å². The Hall–Kier alpha value is -4.54. The summed E-state index contributed by atoms with van der Waals surface area (Å²) >= 11 is -0.0522. The third-order valence-electron chi connectivity index (χ3n) is 6.94. The van der Waals surface area contributed by atoms with Crippen molar-refractivity contribution in [3.05, 3.63) is 40.4 Å². The highest BCUT2D eigenvalue weighted by molar-refractivity contribution is 7.84. The third kappa shape index (κ3) is 8.44. The van der Waals surface area contributed by atoms with Gasteiger partial charge < -0.3 is 36.8 Å². The summed E-state index contributed by atoms with van der Waals surface area (Å²) in [5.41, 5.74) is 9.77. The second kappa shape index (κ2) is 14.1. The summed E-state index contributed by atoms with van der Waals surface area (Å²) in [6.45, 7) is 2.04. The number of aromatic nitrogens is 1. The number of aliphatic imine (C=N–C) groups is 1. The van der Waals surface area contributed by atoms with Gasteiger partial charge in [-0.15, -0.1) is 0 Å². The van der Waals surface area contributed by atoms with Gasteiger partial charge in [-0.1, -0.05) is 16.5 Å². The van der Waals surface area contributed by atoms with Gasteiger partial charge in [0.15, 0.2) is 10.8 Å². The lowest BCUT2D eigenvalue weighted by Gasteiger charge is -2.42. The van der Waals surface area contributed by atoms with E-state index in [0.29, 0.717) is 11.4 Å². The van der Waals surface area contributed by atoms with E-state index in [0.717, 1.165) is 32.9 Å². The lowest BCUT2D eigenvalue weighted by Crippen LogP contribution is -2.71. The van der Waals surface area contributed by atoms with Crippen molar-refractivity contribution in [2.45, 2.75) is 50.2 Å². The van der Waals surface area contributed by atoms with Crippen LogP contribution in [0.2, 0.25) is 0 Å². The molecule has 8 N–H and O–H groups in total. The van der Waals surface area contributed by atoms with E-state index in [1.807, 2.05) is 5.32 Å². The van der Waals surface area contributed by atoms with Gasteiger partial charge in [-0.25, -0.2) is 14.1 Å². The van der Waals surface area contributed by atoms with Gasteiger partial charge in [0.1, 0.15) is 34.8 Å². The minimum Gasteiger partial charge on any atom is -0.489 e. The van der Waals surface area contributed by atoms with Crippen molar-refractivity contribution >= 4 is 56.1 Å². The largest absolute Gasteiger partial charge is 0.489 e. The Morgan fingerprint density at radius 2 is 1.89 bits per heavy atom. The lowest BCUT2D eigenvalue weighted by atomic mass is 10.0. The molecule has 2 aromatic rings. The molecule has 0 spiro atoms. The maximum atomic E-state index is 13.8. The highest BCUT2D eigenvalue weighted by atomic mass is 32.2. The zero-order valence-electron chi connectivity index (χ0n) is 24.3. The number of hydrogen-bond donors (Lipinski definition) is 6. The molecule has 2 aliphatic heterocycles. The van der Waals surface area contributed by atoms with E-state index in [1.54, 1.807) is 12.1 Å². The van der Waals surface area contributed by atoms with Crippen LogP contribution in [0.5, 0.6) is 5.75 Å². The number of carbonyl (C=O) groups excluding carboxylic acids is 2. The van der Waals surface area contributed by atoms with Gasteiger partial charge in [-0.05, 0) is 57.1 Å². The number of carboxylic acids is 1. The fourth-order valence-electron chi connectivity index (χ4n) is 4.56. The summed E-state index contributed by atoms with van der Waals surface area (Å²) in [5.74, 6) is -4.04. The first kappa shape index (κ1) is 35.3. The minimum atomic E-state index is -5.10. The first-order chi connectivity index (χ1) is 22.0. The molecule has 2 fully saturated rings. The molecule has 3 heterocycles. The van der Waals surface area contributed by atoms with Crippen molar-refractivity contribution < 1.29 is 55.2 Å². The number of nitrogens with two attached hydrogens (primary N) is 2. The number of nitrogens with one attached hydrogen (secondary N) is 2. The number of ether oxygens (including phenoxy) is 1. The van der Waals surface area contributed by atoms with Crippen LogP contribution in [0.1, 0.15) is 35.9 Å². The smallest absolute Gasteiger partial charge is 0.427 e. The van der Waals surface area contributed by atoms with E-state index in [9.17, 15) is 41.1 Å². The predicted molar refractivity (Wildman–Crippen MR) is 159 cm³/mol. The predicted octanol–water partition coefficient (Wildman–Crippen LogP) is -0.0274. The van der Waals surface area contributed by atoms with Crippen molar-refractivity contribution in [2.75, 3.05) is 25.4 Å². The van der Waals surface area contributed by atoms with Crippen molar-refractivity contribution in [1.82, 2.24) is 19.9 Å². The van der Waals surface area contributed by atoms with Crippen LogP contribution in [-0.2, 0) is 35.7 Å². The monoisotopic (exact) mass is 706 g/mol. The Labute approximate surface area is 268 Å². The Kier molecular flexibility index (Phi) is 10.6. The summed E-state index contributed by atoms with van der Waals surface area (Å²) in [4.78, 5) is 48.7. The maximum absolute atomic E-state index is 13.8. The number of halogens is 3. The molecule has 0 saturated carbocycles. The first-order valence-electron chi connectivity index (χ1n) is 13.7. The van der Waals surface area contributed by atoms with Gasteiger partial charge in [0.2, 0.25) is 0 Å². The number of nitrogen functional groups attached to an aromatic ring is 1. The average molecular weight is 707 g/mol. The fourth-order valence-corrected chi connectivity index (χ4v) is 6.14. The average Bonchev–Trinajstić information content (AvgIpc) is 3.39. The van der Waals surface area contributed by atoms with E-state index in [-0.39, 0.29) is 27.4 Å². The molecule has 0 radical (unpaired) electrons. The van der Waals surface area contributed by atoms with E-state index in [4.69, 9.17) is 25.6 Å². The van der Waals surface area contributed by atoms with Gasteiger partial charge in [0.25, 0.3) is 17.9 Å². The number of anilines is 1. The molecular weight excluding hydrogens is 677 g/mol. The van der Waals surface area contributed by atoms with Crippen LogP contribution in [-0.4, -0.2) is 101 Å². The summed E-state index contributed by atoms with van der Waals surface area (Å²) in [5, 5.41) is 17.6. The second-order valence-electron chi connectivity index (χ2n) is 10.2. The molecule has 1 aromatic carbocycles. The van der Waals surface area contributed by atoms with Crippen LogP contribution in [0.15, 0.2) is 34.4 Å². The normalized spacial score (nSPS) is 20.4. The maximum Gasteiger partial charge on any atom is 0.427 e. The Bertz CT molecular complexity index is 1680. The minimum absolute atomic E-state index is 0.0349. The Morgan fingerprint density at radius 1 is 1.26 bits per heavy atom. The number of piperidine rings is 1. The number of amidine groups is 1. The van der Waals surface area contributed by atoms with Gasteiger partial charge in [-0.3, -0.25) is 19.1 Å². The number of benzene rings is 1. The van der Waals surface area contributed by atoms with Crippen LogP contribution in [0, 0.1) is 0 Å². The van der Waals surface area contributed by atoms with E-state index in [2.05, 4.69) is 20.4 Å². The SMILES string of the molecule is C[C@H]1[C@H](NC(=O)/C(=N\O[C@@H](COc2ccc(C(N)=NC3CCNCC3)cc2)C(=O)O)c2nc(N)sc2C(F)(F)F)C(=O)N1S(=O)(=O)O. The number of oxime groups is 1. The Morgan fingerprint density at radius 3 is 2.45 bits per heavy atom. The fraction of sp³-hybridized carbons (Fsp3) is 0.440. The lowest BCUT2D eigenvalue weighted by molar-refractivity contribution is -0.152. The van der Waals surface area contributed by atoms with Crippen LogP contribution in [0.3, 0.4) is 0 Å². The van der Waals surface area contributed by atoms with Gasteiger partial charge >= 0.3 is 22.4 Å². The number of β-lactam (4-membered cyclic amide) rings is 1. The van der Waals surface area contributed by atoms with Crippen LogP contribution < -0.4 is 26.8 Å². The first-order valence-corrected chi connectivity index (χ1v) is 15.9. The molecule has 256 valence electrons. The van der Waals surface area contributed by atoms with Gasteiger partial charge in [-0.2, -0.15) is 21.6 Å². The van der Waals surface area contributed by atoms with E-state index < -0.39 is 80.5 Å². The topological polar surface area (TPSA) is 261 Å². The summed E-state index contributed by atoms with van der Waals surface area (Å²) in [6.07, 6.45) is -5.41. The van der Waals surface area contributed by atoms with Crippen molar-refractivity contribution in [2.24, 2.45) is 15.9 Å². The molecule has 4 rings (SSSR count). The number of carboxylic acid groups (broad SMARTS) is 1. The van der Waals surface area contributed by atoms with Crippen LogP contribution in [0.4, 0.5) is 18.3 Å². The number of aliphatic carboxylic acids is 1. The van der Waals surface area contributed by atoms with Crippen molar-refractivity contribution in [3.63, 3.8) is 0 Å². The molecular formula is C25H29F3N8O9S2. The summed E-state index contributed by atoms with van der Waals surface area (Å²) in [7, 11) is -4.99. The molecule has 47 heavy (non-hydrogen) atoms. The number of rotatable bonds is 12. The second-order valence-corrected chi connectivity index (χ2v) is 12.6. The summed E-state index contributed by atoms with van der Waals surface area (Å²) in [6, 6.07) is 3.23. The molecule has 0 unspecified atom stereocenters. The van der Waals surface area contributed by atoms with Gasteiger partial charge in [0, 0.05) is 5.56 Å². The van der Waals surface area contributed by atoms with Crippen molar-refractivity contribution in [1.29, 1.82) is 0 Å². The highest BCUT2D eigenvalue weighted by Gasteiger charge is 2.52. The number of hydrogen-bond acceptors (Lipinski definition) is 13. The third-order valence-corrected chi connectivity index (χ3v) is 8.88. The highest BCUT2D eigenvalue weighted by Crippen LogP contribution is 2.38. The zero-order valence-corrected chi connectivity index (χ0v) is 25.9. The molecule has 2 amide bonds. The van der Waals surface area contributed by atoms with Crippen molar-refractivity contribution in [3.8, 4) is 5.75 Å². The standard InChI is InChI=1S/C25H29F3N8O9S2/c1-11-16(22(38)36(11)47(41,42)43)33-21(37)18(17-19(25(26,27)28)46-24(30)34-17)35-45-15(23(39)40)10-44-14-4-2-12(3-5-14)20(29)32-13-6-8-31-9-7-13/h2-5,11,13,15-16,31H,6-10H2,1H3,(H2,29,32)(H2,30,34)(H,33,37)(H,39,40)(H,41,42,43)/b35-18-/t11-,15-,16-/m0/s1. The zero-order chi connectivity index (χ0) is 34.7. The number of alkyl halides is 3. The number of nitrogens with zero attached hydrogens (tertiary/aromatic N) is 4. The number of amides is 2. The molecule has 1 aromatic heterocycles. The number of carbonyl (C=O) groups is 3. The molecule has 2 aliphatic rings. The molecule has 0 bridgehead atoms. The molecule has 22 heteroatoms. The quantitative estimate of drug-likeness (QED) is 0.0558. The molecule has 0 aliphatic carbocycles. The van der Waals surface area contributed by atoms with E-state index >= 15 is 0 Å². The number of thiazole rings is 1. The Balaban J connectivity index is 1.52. The summed E-state index contributed by atoms with van der Waals surface area (Å²) < 4.78 is 78.7. The molecule has 2 saturated heterocycles. The molecule has 3 atom stereocenters. The van der Waals surface area contributed by atoms with Crippen LogP contribution in [0.25, 0.3) is 0 Å².